The Hall–Kier alpha value is 0.258. The molecule has 0 aliphatic heterocycles. The maximum Gasteiger partial charge on any atom is 0.0311 e. The number of H-pyrrole nitrogens is 1. The van der Waals surface area contributed by atoms with Gasteiger partial charge in [-0.15, -0.1) is 0 Å². The van der Waals surface area contributed by atoms with Crippen LogP contribution in [0.3, 0.4) is 0 Å². The average molecular weight is 745 g/mol. The van der Waals surface area contributed by atoms with Crippen LogP contribution < -0.4 is 0 Å². The van der Waals surface area contributed by atoms with E-state index in [9.17, 15) is 13.2 Å². The Bertz CT molecular complexity index is 721. The zero-order chi connectivity index (χ0) is 17.9. The van der Waals surface area contributed by atoms with Crippen LogP contribution in [0, 0.1) is 3.80 Å². The molecular formula is C14H15F3I2N4Pt. The zero-order valence-electron chi connectivity index (χ0n) is 12.6. The van der Waals surface area contributed by atoms with Gasteiger partial charge in [0, 0.05) is 51.8 Å². The minimum atomic E-state index is -4.29. The molecule has 1 aromatic carbocycles. The maximum atomic E-state index is 12.4. The van der Waals surface area contributed by atoms with Gasteiger partial charge >= 0.3 is 112 Å². The first-order valence-electron chi connectivity index (χ1n) is 7.01. The molecular weight excluding hydrogens is 730 g/mol. The number of hydrogen-bond donors (Lipinski definition) is 1. The van der Waals surface area contributed by atoms with Gasteiger partial charge in [-0.25, -0.2) is 0 Å². The van der Waals surface area contributed by atoms with Crippen LogP contribution in [0.5, 0.6) is 0 Å². The summed E-state index contributed by atoms with van der Waals surface area (Å²) in [5, 5.41) is 4.21. The Balaban J connectivity index is 0.000000292. The van der Waals surface area contributed by atoms with E-state index >= 15 is 0 Å². The van der Waals surface area contributed by atoms with Gasteiger partial charge in [0.25, 0.3) is 0 Å². The molecule has 3 rings (SSSR count). The maximum absolute atomic E-state index is 12.4. The van der Waals surface area contributed by atoms with Gasteiger partial charge in [0.15, 0.2) is 0 Å². The van der Waals surface area contributed by atoms with Gasteiger partial charge in [-0.1, -0.05) is 0 Å². The van der Waals surface area contributed by atoms with E-state index in [1.807, 2.05) is 0 Å². The van der Waals surface area contributed by atoms with Gasteiger partial charge in [0.1, 0.15) is 0 Å². The average Bonchev–Trinajstić information content (AvgIpc) is 3.27. The fraction of sp³-hybridized carbons (Fsp3) is 0.429. The van der Waals surface area contributed by atoms with Crippen molar-refractivity contribution in [2.75, 3.05) is 0 Å². The molecule has 4 nitrogen and oxygen atoms in total. The van der Waals surface area contributed by atoms with E-state index < -0.39 is 11.7 Å². The van der Waals surface area contributed by atoms with E-state index in [-0.39, 0.29) is 0 Å². The quantitative estimate of drug-likeness (QED) is 0.369. The second-order valence-electron chi connectivity index (χ2n) is 5.32. The van der Waals surface area contributed by atoms with Crippen molar-refractivity contribution in [1.29, 1.82) is 0 Å². The molecule has 1 aliphatic rings. The van der Waals surface area contributed by atoms with Crippen molar-refractivity contribution in [3.8, 4) is 0 Å². The number of hydrogen-bond acceptors (Lipinski definition) is 2. The van der Waals surface area contributed by atoms with E-state index in [1.165, 1.54) is 25.0 Å². The number of aromatic nitrogens is 3. The summed E-state index contributed by atoms with van der Waals surface area (Å²) in [4.78, 5) is 3.05. The molecule has 1 heterocycles. The van der Waals surface area contributed by atoms with Crippen molar-refractivity contribution in [3.05, 3.63) is 45.0 Å². The molecule has 0 amide bonds. The molecule has 0 spiro atoms. The first kappa shape index (κ1) is 20.6. The molecule has 2 aromatic rings. The molecule has 1 N–H and O–H groups in total. The predicted octanol–water partition coefficient (Wildman–Crippen LogP) is 4.59. The Morgan fingerprint density at radius 1 is 1.29 bits per heavy atom. The summed E-state index contributed by atoms with van der Waals surface area (Å²) in [6, 6.07) is 6.02. The number of nitrogens with zero attached hydrogens (tertiary/aromatic N) is 3. The van der Waals surface area contributed by atoms with Crippen molar-refractivity contribution in [1.82, 2.24) is 16.1 Å². The van der Waals surface area contributed by atoms with Crippen LogP contribution >= 0.6 is 45.7 Å². The largest absolute Gasteiger partial charge is 0.185 e. The van der Waals surface area contributed by atoms with E-state index in [0.717, 1.165) is 33.4 Å². The normalized spacial score (nSPS) is 14.5. The van der Waals surface area contributed by atoms with Crippen LogP contribution in [0.25, 0.3) is 0 Å². The van der Waals surface area contributed by atoms with Crippen LogP contribution in [0.15, 0.2) is 24.3 Å². The molecule has 0 saturated heterocycles. The van der Waals surface area contributed by atoms with Crippen molar-refractivity contribution in [2.24, 2.45) is 7.05 Å². The van der Waals surface area contributed by atoms with Crippen LogP contribution in [0.2, 0.25) is 0 Å². The summed E-state index contributed by atoms with van der Waals surface area (Å²) in [6.45, 7) is 0. The fourth-order valence-electron chi connectivity index (χ4n) is 1.79. The topological polar surface area (TPSA) is 36.9 Å². The van der Waals surface area contributed by atoms with E-state index in [1.54, 1.807) is 11.7 Å². The Morgan fingerprint density at radius 3 is 2.21 bits per heavy atom. The monoisotopic (exact) mass is 745 g/mol. The van der Waals surface area contributed by atoms with Gasteiger partial charge in [0.2, 0.25) is 0 Å². The number of benzene rings is 1. The number of aryl methyl sites for hydroxylation is 1. The summed E-state index contributed by atoms with van der Waals surface area (Å²) in [5.41, 5.74) is 0.153. The van der Waals surface area contributed by atoms with Crippen LogP contribution in [0.4, 0.5) is 13.2 Å². The Labute approximate surface area is 176 Å². The standard InChI is InChI=1S/C11H10F3N3.C3H5I2N.Pt/c1-17-7-15-10(16-17)6-8-2-4-9(5-3-8)11(12,13)14;4-6(5)3-1-2-3;/h2-5H,6H2,1H3,(H,15,16);3H,1-2H2;. The van der Waals surface area contributed by atoms with Gasteiger partial charge in [-0.2, -0.15) is 1.33 Å². The fourth-order valence-corrected chi connectivity index (χ4v) is 3.35. The number of aromatic amines is 1. The minimum absolute atomic E-state index is 0.481. The SMILES string of the molecule is Cn1nc(Cc2ccc(C(F)(F)F)cc2)[nH][c]1=[Pt].IN(I)C1CC1. The second-order valence-corrected chi connectivity index (χ2v) is 10.3. The number of rotatable bonds is 3. The van der Waals surface area contributed by atoms with Crippen molar-refractivity contribution in [3.63, 3.8) is 0 Å². The van der Waals surface area contributed by atoms with Crippen LogP contribution in [0.1, 0.15) is 29.8 Å². The summed E-state index contributed by atoms with van der Waals surface area (Å²) in [5.74, 6) is 0.724. The number of nitrogens with one attached hydrogen (secondary N) is 1. The van der Waals surface area contributed by atoms with Gasteiger partial charge in [-0.05, 0) is 12.8 Å². The van der Waals surface area contributed by atoms with Crippen molar-refractivity contribution < 1.29 is 32.5 Å². The molecule has 24 heavy (non-hydrogen) atoms. The summed E-state index contributed by atoms with van der Waals surface area (Å²) in [6.07, 6.45) is -0.988. The van der Waals surface area contributed by atoms with Gasteiger partial charge in [0.05, 0.1) is 0 Å². The third-order valence-corrected chi connectivity index (χ3v) is 5.85. The van der Waals surface area contributed by atoms with Gasteiger partial charge in [-0.3, -0.25) is 0 Å². The molecule has 0 atom stereocenters. The number of halogens is 5. The van der Waals surface area contributed by atoms with E-state index in [4.69, 9.17) is 0 Å². The van der Waals surface area contributed by atoms with Crippen molar-refractivity contribution >= 4 is 45.7 Å². The van der Waals surface area contributed by atoms with Gasteiger partial charge < -0.3 is 0 Å². The molecule has 1 aliphatic carbocycles. The predicted molar refractivity (Wildman–Crippen MR) is 98.0 cm³/mol. The summed E-state index contributed by atoms with van der Waals surface area (Å²) < 4.78 is 41.9. The van der Waals surface area contributed by atoms with Crippen LogP contribution in [-0.4, -0.2) is 22.1 Å². The molecule has 1 saturated carbocycles. The molecule has 0 bridgehead atoms. The van der Waals surface area contributed by atoms with E-state index in [2.05, 4.69) is 76.5 Å². The summed E-state index contributed by atoms with van der Waals surface area (Å²) in [7, 11) is 1.80. The third-order valence-electron chi connectivity index (χ3n) is 3.25. The molecule has 0 radical (unpaired) electrons. The molecule has 10 heteroatoms. The zero-order valence-corrected chi connectivity index (χ0v) is 19.1. The van der Waals surface area contributed by atoms with E-state index in [0.29, 0.717) is 6.42 Å². The Morgan fingerprint density at radius 2 is 1.88 bits per heavy atom. The minimum Gasteiger partial charge on any atom is -0.185 e. The van der Waals surface area contributed by atoms with Crippen molar-refractivity contribution in [2.45, 2.75) is 31.5 Å². The molecule has 1 aromatic heterocycles. The molecule has 136 valence electrons. The first-order valence-corrected chi connectivity index (χ1v) is 10.1. The van der Waals surface area contributed by atoms with Crippen LogP contribution in [-0.2, 0) is 39.0 Å². The Kier molecular flexibility index (Phi) is 7.51. The number of alkyl halides is 3. The summed E-state index contributed by atoms with van der Waals surface area (Å²) >= 11 is 6.71. The second kappa shape index (κ2) is 8.76. The smallest absolute Gasteiger partial charge is 0.0311 e. The molecule has 1 fully saturated rings. The first-order chi connectivity index (χ1) is 11.2. The third kappa shape index (κ3) is 6.53. The molecule has 0 unspecified atom stereocenters.